The molecule has 1 aliphatic heterocycles. The number of aliphatic hydroxyl groups excluding tert-OH is 1. The number of aliphatic hydroxyl groups is 1. The Balaban J connectivity index is 0.923. The van der Waals surface area contributed by atoms with E-state index in [9.17, 15) is 102 Å². The molecule has 1 aliphatic rings. The number of benzene rings is 4. The molecule has 0 saturated carbocycles. The Bertz CT molecular complexity index is 5100. The first-order valence-corrected chi connectivity index (χ1v) is 41.2. The average Bonchev–Trinajstić information content (AvgIpc) is 1.66. The Labute approximate surface area is 725 Å². The van der Waals surface area contributed by atoms with Crippen LogP contribution in [0.2, 0.25) is 0 Å². The Morgan fingerprint density at radius 1 is 0.448 bits per heavy atom. The number of carbonyl (C=O) groups is 18. The molecule has 4 heterocycles. The number of rotatable bonds is 48. The second-order valence-electron chi connectivity index (χ2n) is 30.3. The minimum Gasteiger partial charge on any atom is -0.481 e. The molecule has 41 nitrogen and oxygen atoms in total. The summed E-state index contributed by atoms with van der Waals surface area (Å²) in [6.45, 7) is 1.96. The molecule has 0 unspecified atom stereocenters. The molecule has 24 N–H and O–H groups in total. The first-order chi connectivity index (χ1) is 59.5. The molecule has 0 radical (unpaired) electrons. The molecule has 8 rings (SSSR count). The van der Waals surface area contributed by atoms with Gasteiger partial charge in [-0.2, -0.15) is 25.3 Å². The number of carboxylic acid groups (broad SMARTS) is 3. The Morgan fingerprint density at radius 3 is 1.38 bits per heavy atom. The van der Waals surface area contributed by atoms with Crippen LogP contribution >= 0.6 is 25.3 Å². The predicted octanol–water partition coefficient (Wildman–Crippen LogP) is -3.50. The number of H-pyrrole nitrogens is 3. The Kier molecular flexibility index (Phi) is 36.3. The molecular formula is C82H103N19O22S2. The van der Waals surface area contributed by atoms with Crippen LogP contribution in [0.1, 0.15) is 88.0 Å². The molecule has 3 aromatic heterocycles. The summed E-state index contributed by atoms with van der Waals surface area (Å²) in [6, 6.07) is 8.99. The number of primary amides is 1. The van der Waals surface area contributed by atoms with E-state index in [-0.39, 0.29) is 57.2 Å². The van der Waals surface area contributed by atoms with Crippen LogP contribution in [0.25, 0.3) is 32.7 Å². The lowest BCUT2D eigenvalue weighted by Gasteiger charge is -2.29. The quantitative estimate of drug-likeness (QED) is 0.0165. The summed E-state index contributed by atoms with van der Waals surface area (Å²) >= 11 is 8.61. The molecule has 0 bridgehead atoms. The highest BCUT2D eigenvalue weighted by Crippen LogP contribution is 2.24. The van der Waals surface area contributed by atoms with Crippen molar-refractivity contribution in [1.82, 2.24) is 89.0 Å². The van der Waals surface area contributed by atoms with Gasteiger partial charge in [-0.3, -0.25) is 81.5 Å². The van der Waals surface area contributed by atoms with Crippen molar-refractivity contribution in [3.05, 3.63) is 144 Å². The number of hydrogen-bond acceptors (Lipinski definition) is 22. The molecular weight excluding hydrogens is 1670 g/mol. The fourth-order valence-electron chi connectivity index (χ4n) is 13.9. The Hall–Kier alpha value is -13.4. The Morgan fingerprint density at radius 2 is 0.872 bits per heavy atom. The zero-order valence-corrected chi connectivity index (χ0v) is 70.1. The zero-order chi connectivity index (χ0) is 91.3. The molecule has 670 valence electrons. The zero-order valence-electron chi connectivity index (χ0n) is 68.3. The van der Waals surface area contributed by atoms with Crippen LogP contribution in [0.3, 0.4) is 0 Å². The maximum absolute atomic E-state index is 15.1. The fourth-order valence-corrected chi connectivity index (χ4v) is 14.4. The van der Waals surface area contributed by atoms with Gasteiger partial charge in [-0.25, -0.2) is 4.79 Å². The van der Waals surface area contributed by atoms with Crippen molar-refractivity contribution in [2.75, 3.05) is 37.7 Å². The number of aromatic amines is 3. The number of fused-ring (bicyclic) bond motifs is 3. The maximum Gasteiger partial charge on any atom is 0.328 e. The molecule has 1 fully saturated rings. The third-order valence-corrected chi connectivity index (χ3v) is 21.1. The summed E-state index contributed by atoms with van der Waals surface area (Å²) in [5.74, 6) is -20.9. The van der Waals surface area contributed by atoms with E-state index in [0.29, 0.717) is 44.1 Å². The largest absolute Gasteiger partial charge is 0.481 e. The molecule has 13 atom stereocenters. The summed E-state index contributed by atoms with van der Waals surface area (Å²) in [5, 5.41) is 72.4. The van der Waals surface area contributed by atoms with Gasteiger partial charge in [-0.15, -0.1) is 0 Å². The monoisotopic (exact) mass is 1770 g/mol. The van der Waals surface area contributed by atoms with E-state index in [1.807, 2.05) is 18.2 Å². The molecule has 0 spiro atoms. The van der Waals surface area contributed by atoms with E-state index >= 15 is 4.79 Å². The lowest BCUT2D eigenvalue weighted by atomic mass is 9.99. The topological polar surface area (TPSA) is 647 Å². The molecule has 1 saturated heterocycles. The van der Waals surface area contributed by atoms with Crippen molar-refractivity contribution in [2.24, 2.45) is 17.4 Å². The van der Waals surface area contributed by atoms with Crippen LogP contribution in [0.5, 0.6) is 0 Å². The van der Waals surface area contributed by atoms with Crippen molar-refractivity contribution in [1.29, 1.82) is 0 Å². The van der Waals surface area contributed by atoms with Crippen LogP contribution in [-0.2, 0) is 112 Å². The van der Waals surface area contributed by atoms with Crippen molar-refractivity contribution in [2.45, 2.75) is 170 Å². The van der Waals surface area contributed by atoms with Gasteiger partial charge in [0.05, 0.1) is 38.6 Å². The number of thiol groups is 2. The van der Waals surface area contributed by atoms with Gasteiger partial charge in [-0.05, 0) is 85.4 Å². The first-order valence-electron chi connectivity index (χ1n) is 39.9. The van der Waals surface area contributed by atoms with E-state index in [4.69, 9.17) is 11.5 Å². The number of nitrogens with two attached hydrogens (primary N) is 2. The standard InChI is InChI=1S/C82H103N19O22S2/c1-41(2)26-55(75(115)95-56(27-43-14-5-4-6-15-43)76(116)99-62(39-124)79(119)96-57(29-45-34-86-52-20-11-8-17-48(45)52)72(112)88-36-67(105)92-61(38-102)82(122)123)94-77(117)58(30-46-35-87-53-21-12-9-18-49(46)53)97-78(118)60(32-69(108)109)98-73(113)54(23-24-68(106)107)91-66(104)37-89-80(120)64-22-13-25-101(64)81(121)63(40-125)100-70(110)42(3)90-74(114)59(31-65(84)103)93-71(111)50(83)28-44-33-85-51-19-10-7-16-47(44)51/h4-12,14-21,33-35,41-42,50,54-64,85-87,102,124-125H,13,22-32,36-40,83H2,1-3H3,(H2,84,103)(H,88,112)(H,89,120)(H,90,114)(H,91,104)(H,92,105)(H,93,111)(H,94,117)(H,95,115)(H,96,119)(H,97,118)(H,98,113)(H,99,116)(H,100,110)(H,106,107)(H,108,109)(H,122,123)/t42-,50-,54-,55-,56-,57-,58-,59-,60-,61-,62-,63-,64-/m0/s1. The van der Waals surface area contributed by atoms with Crippen LogP contribution in [0, 0.1) is 5.92 Å². The number of likely N-dealkylation sites (tertiary alicyclic amines) is 1. The second kappa shape index (κ2) is 46.7. The van der Waals surface area contributed by atoms with Gasteiger partial charge in [0.2, 0.25) is 88.6 Å². The number of amides is 15. The number of para-hydroxylation sites is 3. The van der Waals surface area contributed by atoms with Crippen molar-refractivity contribution in [3.8, 4) is 0 Å². The summed E-state index contributed by atoms with van der Waals surface area (Å²) < 4.78 is 0. The van der Waals surface area contributed by atoms with Crippen molar-refractivity contribution < 1.29 is 107 Å². The lowest BCUT2D eigenvalue weighted by molar-refractivity contribution is -0.143. The highest BCUT2D eigenvalue weighted by molar-refractivity contribution is 7.80. The third-order valence-electron chi connectivity index (χ3n) is 20.4. The van der Waals surface area contributed by atoms with Crippen molar-refractivity contribution in [3.63, 3.8) is 0 Å². The molecule has 43 heteroatoms. The van der Waals surface area contributed by atoms with Crippen molar-refractivity contribution >= 4 is 164 Å². The lowest BCUT2D eigenvalue weighted by Crippen LogP contribution is -2.61. The van der Waals surface area contributed by atoms with E-state index < -0.39 is 242 Å². The molecule has 4 aromatic carbocycles. The smallest absolute Gasteiger partial charge is 0.328 e. The summed E-state index contributed by atoms with van der Waals surface area (Å²) in [4.78, 5) is 255. The maximum atomic E-state index is 15.1. The average molecular weight is 1770 g/mol. The van der Waals surface area contributed by atoms with Gasteiger partial charge in [0.15, 0.2) is 0 Å². The number of carbonyl (C=O) groups excluding carboxylic acids is 15. The van der Waals surface area contributed by atoms with E-state index in [1.54, 1.807) is 111 Å². The summed E-state index contributed by atoms with van der Waals surface area (Å²) in [6.07, 6.45) is 0.829. The number of aliphatic carboxylic acids is 3. The van der Waals surface area contributed by atoms with Crippen LogP contribution in [0.4, 0.5) is 0 Å². The number of carboxylic acids is 3. The number of nitrogens with zero attached hydrogens (tertiary/aromatic N) is 1. The minimum absolute atomic E-state index is 0.0319. The van der Waals surface area contributed by atoms with Gasteiger partial charge < -0.3 is 121 Å². The van der Waals surface area contributed by atoms with E-state index in [0.717, 1.165) is 15.8 Å². The summed E-state index contributed by atoms with van der Waals surface area (Å²) in [5.41, 5.74) is 15.8. The first kappa shape index (κ1) is 97.0. The predicted molar refractivity (Wildman–Crippen MR) is 457 cm³/mol. The van der Waals surface area contributed by atoms with Gasteiger partial charge >= 0.3 is 17.9 Å². The summed E-state index contributed by atoms with van der Waals surface area (Å²) in [7, 11) is 0. The van der Waals surface area contributed by atoms with Crippen LogP contribution in [-0.4, -0.2) is 263 Å². The van der Waals surface area contributed by atoms with E-state index in [1.165, 1.54) is 13.1 Å². The minimum atomic E-state index is -2.10. The third kappa shape index (κ3) is 28.6. The number of nitrogens with one attached hydrogen (secondary N) is 16. The van der Waals surface area contributed by atoms with Crippen LogP contribution in [0.15, 0.2) is 122 Å². The fraction of sp³-hybridized carbons (Fsp3) is 0.415. The highest BCUT2D eigenvalue weighted by atomic mass is 32.1. The highest BCUT2D eigenvalue weighted by Gasteiger charge is 2.41. The molecule has 125 heavy (non-hydrogen) atoms. The SMILES string of the molecule is CC(C)C[C@H](NC(=O)[C@H](Cc1c[nH]c2ccccc12)NC(=O)[C@H](CC(=O)O)NC(=O)[C@H](CCC(=O)O)NC(=O)CNC(=O)[C@@H]1CCCN1C(=O)[C@H](CS)NC(=O)[C@H](C)NC(=O)[C@H](CC(N)=O)NC(=O)[C@@H](N)Cc1c[nH]c2ccccc12)C(=O)N[C@@H](Cc1ccccc1)C(=O)N[C@@H](CS)C(=O)N[C@@H](Cc1c[nH]c2ccccc12)C(=O)NCC(=O)N[C@@H](CO)C(=O)O. The number of aromatic nitrogens is 3. The van der Waals surface area contributed by atoms with Gasteiger partial charge in [0.25, 0.3) is 0 Å². The molecule has 15 amide bonds. The molecule has 0 aliphatic carbocycles. The normalized spacial score (nSPS) is 15.3. The van der Waals surface area contributed by atoms with Crippen LogP contribution < -0.4 is 80.6 Å². The van der Waals surface area contributed by atoms with E-state index in [2.05, 4.69) is 109 Å². The number of hydrogen-bond donors (Lipinski definition) is 24. The van der Waals surface area contributed by atoms with Gasteiger partial charge in [-0.1, -0.05) is 98.8 Å². The van der Waals surface area contributed by atoms with Gasteiger partial charge in [0.1, 0.15) is 72.5 Å². The molecule has 7 aromatic rings. The van der Waals surface area contributed by atoms with Gasteiger partial charge in [0, 0.05) is 95.0 Å². The second-order valence-corrected chi connectivity index (χ2v) is 31.0.